The van der Waals surface area contributed by atoms with Gasteiger partial charge in [-0.2, -0.15) is 269 Å². The molecular weight excluding hydrogens is 1740 g/mol. The van der Waals surface area contributed by atoms with Crippen molar-refractivity contribution >= 4 is 273 Å². The van der Waals surface area contributed by atoms with Crippen LogP contribution < -0.4 is 119 Å². The Bertz CT molecular complexity index is 9370. The van der Waals surface area contributed by atoms with Gasteiger partial charge in [-0.1, -0.05) is 0 Å². The van der Waals surface area contributed by atoms with Crippen molar-refractivity contribution in [1.29, 1.82) is 0 Å². The fraction of sp³-hybridized carbons (Fsp3) is 0. The molecule has 0 amide bonds. The molecule has 2 aromatic rings. The molecule has 132 heavy (non-hydrogen) atoms. The Morgan fingerprint density at radius 2 is 0.417 bits per heavy atom. The maximum absolute atomic E-state index is 6.76. The Hall–Kier alpha value is -22.6. The predicted molar refractivity (Wildman–Crippen MR) is 437 cm³/mol. The Balaban J connectivity index is 0.858. The summed E-state index contributed by atoms with van der Waals surface area (Å²) in [4.78, 5) is 286. The average molecular weight is 1760 g/mol. The smallest absolute Gasteiger partial charge is 0.246 e. The molecule has 29 aliphatic heterocycles. The second-order valence-corrected chi connectivity index (χ2v) is 27.7. The number of aromatic nitrogens is 32. The van der Waals surface area contributed by atoms with Gasteiger partial charge < -0.3 is 40.1 Å². The molecule has 0 aliphatic carbocycles. The van der Waals surface area contributed by atoms with Crippen LogP contribution >= 0.6 is 0 Å². The molecule has 0 spiro atoms. The number of H-pyrrole nitrogens is 4. The lowest BCUT2D eigenvalue weighted by molar-refractivity contribution is 0.771. The van der Waals surface area contributed by atoms with E-state index in [1.807, 2.05) is 0 Å². The van der Waals surface area contributed by atoms with Gasteiger partial charge in [-0.15, -0.1) is 0 Å². The molecule has 2 aromatic heterocycles. The van der Waals surface area contributed by atoms with Crippen LogP contribution in [0.25, 0.3) is 29.1 Å². The number of hydrogen-bond acceptors (Lipinski definition) is 70. The number of guanidine groups is 22. The fourth-order valence-electron chi connectivity index (χ4n) is 14.7. The first-order chi connectivity index (χ1) is 64.4. The van der Waals surface area contributed by atoms with Gasteiger partial charge >= 0.3 is 0 Å². The number of hydrogen-bond donors (Lipinski definition) is 11. The van der Waals surface area contributed by atoms with Gasteiger partial charge in [-0.05, 0) is 0 Å². The topological polar surface area (TPSA) is 973 Å². The van der Waals surface area contributed by atoms with E-state index in [1.165, 1.54) is 44.1 Å². The molecule has 0 saturated carbocycles. The van der Waals surface area contributed by atoms with Crippen LogP contribution in [-0.4, -0.2) is 299 Å². The number of fused-ring (bicyclic) bond motifs is 18. The van der Waals surface area contributed by atoms with Crippen LogP contribution in [0.4, 0.5) is 113 Å². The Labute approximate surface area is 707 Å². The van der Waals surface area contributed by atoms with Crippen molar-refractivity contribution in [2.75, 3.05) is 39.2 Å². The van der Waals surface area contributed by atoms with Crippen LogP contribution in [0.1, 0.15) is 0 Å². The number of anilines is 12. The highest BCUT2D eigenvalue weighted by Gasteiger charge is 2.45. The third-order valence-electron chi connectivity index (χ3n) is 19.8. The molecule has 624 valence electrons. The largest absolute Gasteiger partial charge is 0.368 e. The van der Waals surface area contributed by atoms with E-state index >= 15 is 0 Å². The van der Waals surface area contributed by atoms with E-state index in [9.17, 15) is 0 Å². The van der Waals surface area contributed by atoms with E-state index in [0.29, 0.717) is 0 Å². The minimum Gasteiger partial charge on any atom is -0.368 e. The first-order valence-electron chi connectivity index (χ1n) is 36.9. The highest BCUT2D eigenvalue weighted by atomic mass is 15.6. The lowest BCUT2D eigenvalue weighted by atomic mass is 10.5. The summed E-state index contributed by atoms with van der Waals surface area (Å²) in [7, 11) is 0. The summed E-state index contributed by atoms with van der Waals surface area (Å²) in [5.41, 5.74) is 42.6. The summed E-state index contributed by atoms with van der Waals surface area (Å²) in [6.45, 7) is 0. The normalized spacial score (nSPS) is 18.9. The molecule has 0 aromatic carbocycles. The van der Waals surface area contributed by atoms with Crippen molar-refractivity contribution in [3.63, 3.8) is 0 Å². The lowest BCUT2D eigenvalue weighted by Gasteiger charge is -2.30. The van der Waals surface area contributed by atoms with Crippen LogP contribution in [0.15, 0.2) is 150 Å². The molecule has 0 fully saturated rings. The van der Waals surface area contributed by atoms with Gasteiger partial charge in [-0.3, -0.25) is 19.9 Å². The molecule has 0 radical (unpaired) electrons. The molecule has 31 bridgehead atoms. The Kier molecular flexibility index (Phi) is 11.2. The van der Waals surface area contributed by atoms with Crippen molar-refractivity contribution in [3.05, 3.63) is 39.3 Å². The number of nitrogens with zero attached hydrogens (tertiary/aromatic N) is 67. The zero-order valence-electron chi connectivity index (χ0n) is 63.0. The third kappa shape index (κ3) is 9.10. The molecule has 78 heteroatoms. The summed E-state index contributed by atoms with van der Waals surface area (Å²) >= 11 is 0. The monoisotopic (exact) mass is 1760 g/mol. The molecule has 78 nitrogen and oxygen atoms in total. The van der Waals surface area contributed by atoms with Crippen LogP contribution in [-0.2, 0) is 0 Å². The van der Waals surface area contributed by atoms with Crippen LogP contribution in [0.5, 0.6) is 0 Å². The number of aromatic amines is 4. The van der Waals surface area contributed by atoms with E-state index in [0.717, 1.165) is 17.9 Å². The minimum absolute atomic E-state index is 0.132. The molecule has 31 rings (SSSR count). The quantitative estimate of drug-likeness (QED) is 0.0672. The molecule has 0 atom stereocenters. The van der Waals surface area contributed by atoms with Gasteiger partial charge in [0.15, 0.2) is 0 Å². The standard InChI is InChI=1S/C54H18N78/c55-1-62-16-63-2(56)70-23-97-38(96-22(69-1)120(16)23)128-42-101-27-74-7(61)75-28-102-43(111-47(110-42)125(27)28)130-41-100-26-73-5(59)67-20-83-11(90-32(105-41)123(20)26)78-10-82-19-66-4(58)71-24-98-39(103-31(89-10)122(19)24)129-40-99-25-72-6(60)68-21-84-12(91-33(104-40)124(21)25)79-14-88-30-87-13-76-8-80-17-64-3(57)65-18-81-9(86-29(85-8)121(17)18)77-15-94-36-108-45(128)112-48-113-46(109-37(95-15)127(36)48)131(44-106-34(92-13)126(30)35(93-14)107-44)51-118-53-115-49(129)114-52-116-50(130)117-54(119-51)132(52)53/h(H2,61,74,75,101,102,110,111)(H4,55,56,62,63,69,70,96,97)(H5,58,59,66,67,71,73,78,82,83,89,90,98,100,103,105)(H7,57,60,64,65,68,72,76,77,79,80,81,84,85,86,87,88,91,92,93,94,95,99,104,106,107,108,109,112,113). The zero-order valence-corrected chi connectivity index (χ0v) is 63.0. The molecular formula is C54H18N78. The average Bonchev–Trinajstić information content (AvgIpc) is 0.714. The van der Waals surface area contributed by atoms with Crippen LogP contribution in [0.3, 0.4) is 0 Å². The van der Waals surface area contributed by atoms with Gasteiger partial charge in [0, 0.05) is 0 Å². The fourth-order valence-corrected chi connectivity index (χ4v) is 14.7. The van der Waals surface area contributed by atoms with Crippen molar-refractivity contribution in [2.45, 2.75) is 0 Å². The minimum atomic E-state index is -0.602. The van der Waals surface area contributed by atoms with Gasteiger partial charge in [0.1, 0.15) is 0 Å². The first kappa shape index (κ1) is 66.1. The summed E-state index contributed by atoms with van der Waals surface area (Å²) in [5.74, 6) is -16.4. The lowest BCUT2D eigenvalue weighted by Crippen LogP contribution is -2.54. The van der Waals surface area contributed by atoms with Gasteiger partial charge in [0.05, 0.1) is 0 Å². The second-order valence-electron chi connectivity index (χ2n) is 27.7. The maximum atomic E-state index is 6.76. The summed E-state index contributed by atoms with van der Waals surface area (Å²) < 4.78 is 4.32. The molecule has 29 aliphatic rings. The van der Waals surface area contributed by atoms with Crippen molar-refractivity contribution < 1.29 is 0 Å². The van der Waals surface area contributed by atoms with Crippen molar-refractivity contribution in [1.82, 2.24) is 162 Å². The molecule has 18 N–H and O–H groups in total. The van der Waals surface area contributed by atoms with E-state index in [-0.39, 0.29) is 214 Å². The van der Waals surface area contributed by atoms with Crippen LogP contribution in [0.2, 0.25) is 0 Å². The molecule has 31 heterocycles. The molecule has 0 unspecified atom stereocenters. The molecule has 0 saturated heterocycles. The number of nitrogens with two attached hydrogens (primary N) is 7. The van der Waals surface area contributed by atoms with E-state index in [4.69, 9.17) is 230 Å². The number of aliphatic imine (C=N–C) groups is 23. The zero-order chi connectivity index (χ0) is 86.7. The number of rotatable bonds is 0. The van der Waals surface area contributed by atoms with Gasteiger partial charge in [-0.25, -0.2) is 62.0 Å². The second kappa shape index (κ2) is 22.4. The Morgan fingerprint density at radius 3 is 0.848 bits per heavy atom. The highest BCUT2D eigenvalue weighted by Crippen LogP contribution is 2.38. The van der Waals surface area contributed by atoms with E-state index in [1.54, 1.807) is 0 Å². The summed E-state index contributed by atoms with van der Waals surface area (Å²) in [6, 6.07) is 0. The summed E-state index contributed by atoms with van der Waals surface area (Å²) in [5, 5.41) is 0. The summed E-state index contributed by atoms with van der Waals surface area (Å²) in [6.07, 6.45) is 0. The van der Waals surface area contributed by atoms with E-state index < -0.39 is 105 Å². The van der Waals surface area contributed by atoms with Crippen molar-refractivity contribution in [3.8, 4) is 5.95 Å². The first-order valence-corrected chi connectivity index (χ1v) is 36.9. The van der Waals surface area contributed by atoms with Gasteiger partial charge in [0.25, 0.3) is 0 Å². The van der Waals surface area contributed by atoms with Crippen molar-refractivity contribution in [2.24, 2.45) is 190 Å². The van der Waals surface area contributed by atoms with E-state index in [2.05, 4.69) is 99.8 Å². The maximum Gasteiger partial charge on any atom is 0.246 e. The Morgan fingerprint density at radius 1 is 0.152 bits per heavy atom. The predicted octanol–water partition coefficient (Wildman–Crippen LogP) is -13.9. The third-order valence-corrected chi connectivity index (χ3v) is 19.8. The SMILES string of the molecule is NC1=NC2=NC(N)=NC3=NC(n4c5nc6nc(n7c8nc9nc([nH]c%10nc%11nc(n%12c%13nc%14nc([nH]c%15nc%16nc%17nc%18nc([nH]c%19nc%20nc([nH]c%21nc%22nc(nc%23nc4=NC(=N%21)N%22%23)n%17-c4nc%17nc7nc7nc%12nc(n4)N%177)=NC4=NC(N)=NC(=N%19)N4%20)=NC(=N%15)N%16%18)N=C4N=C(N)N=C(N=%13)N4%14)=NC4=NC(N)=NC(=N%10)N4%11)N=C4N=C(N)N=C(N=8)N49)N=C4N=C(N)N=C(N=5)N46)=NC(=N1)N23. The van der Waals surface area contributed by atoms with Crippen LogP contribution in [0, 0.1) is 0 Å². The highest BCUT2D eigenvalue weighted by molar-refractivity contribution is 6.32. The van der Waals surface area contributed by atoms with Gasteiger partial charge in [0.2, 0.25) is 318 Å². The number of nitrogens with one attached hydrogen (secondary N) is 4.